The van der Waals surface area contributed by atoms with Crippen LogP contribution < -0.4 is 25.6 Å². The van der Waals surface area contributed by atoms with Gasteiger partial charge in [0.05, 0.1) is 19.1 Å². The van der Waals surface area contributed by atoms with E-state index in [0.717, 1.165) is 0 Å². The van der Waals surface area contributed by atoms with Crippen molar-refractivity contribution in [3.63, 3.8) is 0 Å². The van der Waals surface area contributed by atoms with Crippen molar-refractivity contribution in [2.75, 3.05) is 14.2 Å². The second kappa shape index (κ2) is 11.8. The maximum atomic E-state index is 12.9. The molecule has 11 nitrogen and oxygen atoms in total. The molecule has 0 saturated heterocycles. The van der Waals surface area contributed by atoms with Crippen molar-refractivity contribution < 1.29 is 28.8 Å². The van der Waals surface area contributed by atoms with Gasteiger partial charge < -0.3 is 14.8 Å². The minimum absolute atomic E-state index is 0.0830. The van der Waals surface area contributed by atoms with Crippen LogP contribution in [0.4, 0.5) is 5.69 Å². The number of non-ortho nitro benzene ring substituents is 1. The van der Waals surface area contributed by atoms with E-state index in [2.05, 4.69) is 16.2 Å². The number of amides is 3. The predicted molar refractivity (Wildman–Crippen MR) is 130 cm³/mol. The molecule has 0 saturated carbocycles. The van der Waals surface area contributed by atoms with Gasteiger partial charge in [0.15, 0.2) is 11.5 Å². The molecule has 0 heterocycles. The molecule has 3 N–H and O–H groups in total. The molecule has 0 radical (unpaired) electrons. The summed E-state index contributed by atoms with van der Waals surface area (Å²) in [5.41, 5.74) is 5.02. The lowest BCUT2D eigenvalue weighted by atomic mass is 10.1. The van der Waals surface area contributed by atoms with Crippen LogP contribution in [0, 0.1) is 10.1 Å². The van der Waals surface area contributed by atoms with E-state index in [1.165, 1.54) is 44.6 Å². The number of carbonyl (C=O) groups is 3. The van der Waals surface area contributed by atoms with Gasteiger partial charge in [-0.2, -0.15) is 0 Å². The minimum atomic E-state index is -0.815. The summed E-state index contributed by atoms with van der Waals surface area (Å²) in [5.74, 6) is -1.18. The van der Waals surface area contributed by atoms with Gasteiger partial charge in [-0.3, -0.25) is 35.3 Å². The Morgan fingerprint density at radius 1 is 0.806 bits per heavy atom. The molecule has 0 fully saturated rings. The van der Waals surface area contributed by atoms with Crippen molar-refractivity contribution in [1.82, 2.24) is 16.2 Å². The standard InChI is InChI=1S/C25H22N4O7/c1-35-21-13-8-16(15-22(21)36-2)14-20(26-23(30)17-6-4-3-5-7-17)25(32)28-27-24(31)18-9-11-19(12-10-18)29(33)34/h3-15H,1-2H3,(H,26,30)(H,27,31)(H,28,32). The molecule has 0 aliphatic carbocycles. The number of rotatable bonds is 8. The number of nitro benzene ring substituents is 1. The maximum absolute atomic E-state index is 12.9. The first-order chi connectivity index (χ1) is 17.3. The van der Waals surface area contributed by atoms with Crippen LogP contribution in [0.25, 0.3) is 6.08 Å². The van der Waals surface area contributed by atoms with Gasteiger partial charge in [-0.15, -0.1) is 0 Å². The fraction of sp³-hybridized carbons (Fsp3) is 0.0800. The van der Waals surface area contributed by atoms with Crippen LogP contribution in [0.2, 0.25) is 0 Å². The van der Waals surface area contributed by atoms with Gasteiger partial charge in [0, 0.05) is 23.3 Å². The lowest BCUT2D eigenvalue weighted by Gasteiger charge is -2.13. The largest absolute Gasteiger partial charge is 0.493 e. The highest BCUT2D eigenvalue weighted by atomic mass is 16.6. The topological polar surface area (TPSA) is 149 Å². The highest BCUT2D eigenvalue weighted by molar-refractivity contribution is 6.06. The average molecular weight is 490 g/mol. The van der Waals surface area contributed by atoms with Crippen LogP contribution in [0.1, 0.15) is 26.3 Å². The summed E-state index contributed by atoms with van der Waals surface area (Å²) in [4.78, 5) is 48.2. The number of nitrogens with one attached hydrogen (secondary N) is 3. The number of hydrogen-bond donors (Lipinski definition) is 3. The third-order valence-corrected chi connectivity index (χ3v) is 4.88. The van der Waals surface area contributed by atoms with Crippen molar-refractivity contribution in [3.05, 3.63) is 105 Å². The fourth-order valence-corrected chi connectivity index (χ4v) is 3.04. The number of nitro groups is 1. The molecule has 184 valence electrons. The summed E-state index contributed by atoms with van der Waals surface area (Å²) in [6.07, 6.45) is 1.40. The van der Waals surface area contributed by atoms with Gasteiger partial charge in [0.2, 0.25) is 0 Å². The molecule has 3 rings (SSSR count). The van der Waals surface area contributed by atoms with Gasteiger partial charge in [0.25, 0.3) is 23.4 Å². The predicted octanol–water partition coefficient (Wildman–Crippen LogP) is 2.84. The van der Waals surface area contributed by atoms with Gasteiger partial charge in [-0.25, -0.2) is 0 Å². The Balaban J connectivity index is 1.82. The highest BCUT2D eigenvalue weighted by Gasteiger charge is 2.17. The van der Waals surface area contributed by atoms with Crippen LogP contribution in [0.5, 0.6) is 11.5 Å². The number of hydrazine groups is 1. The summed E-state index contributed by atoms with van der Waals surface area (Å²) in [6, 6.07) is 18.0. The van der Waals surface area contributed by atoms with Crippen LogP contribution in [0.15, 0.2) is 78.5 Å². The molecule has 11 heteroatoms. The van der Waals surface area contributed by atoms with Crippen LogP contribution >= 0.6 is 0 Å². The first kappa shape index (κ1) is 25.4. The van der Waals surface area contributed by atoms with E-state index < -0.39 is 22.6 Å². The number of benzene rings is 3. The molecule has 0 bridgehead atoms. The lowest BCUT2D eigenvalue weighted by Crippen LogP contribution is -2.45. The van der Waals surface area contributed by atoms with Crippen molar-refractivity contribution >= 4 is 29.5 Å². The third kappa shape index (κ3) is 6.44. The first-order valence-electron chi connectivity index (χ1n) is 10.5. The molecule has 0 aliphatic rings. The van der Waals surface area contributed by atoms with E-state index in [9.17, 15) is 24.5 Å². The van der Waals surface area contributed by atoms with Crippen molar-refractivity contribution in [2.45, 2.75) is 0 Å². The molecule has 0 unspecified atom stereocenters. The van der Waals surface area contributed by atoms with Crippen LogP contribution in [-0.4, -0.2) is 36.9 Å². The van der Waals surface area contributed by atoms with E-state index >= 15 is 0 Å². The zero-order chi connectivity index (χ0) is 26.1. The highest BCUT2D eigenvalue weighted by Crippen LogP contribution is 2.28. The second-order valence-corrected chi connectivity index (χ2v) is 7.20. The molecule has 0 aliphatic heterocycles. The molecular weight excluding hydrogens is 468 g/mol. The number of hydrogen-bond acceptors (Lipinski definition) is 7. The second-order valence-electron chi connectivity index (χ2n) is 7.20. The summed E-state index contributed by atoms with van der Waals surface area (Å²) < 4.78 is 10.5. The molecule has 3 amide bonds. The maximum Gasteiger partial charge on any atom is 0.286 e. The molecule has 0 atom stereocenters. The molecule has 3 aromatic carbocycles. The van der Waals surface area contributed by atoms with E-state index in [4.69, 9.17) is 9.47 Å². The zero-order valence-electron chi connectivity index (χ0n) is 19.3. The fourth-order valence-electron chi connectivity index (χ4n) is 3.04. The Hall–Kier alpha value is -5.19. The molecule has 36 heavy (non-hydrogen) atoms. The van der Waals surface area contributed by atoms with E-state index in [-0.39, 0.29) is 16.9 Å². The lowest BCUT2D eigenvalue weighted by molar-refractivity contribution is -0.384. The summed E-state index contributed by atoms with van der Waals surface area (Å²) in [6.45, 7) is 0. The normalized spacial score (nSPS) is 10.7. The SMILES string of the molecule is COc1ccc(C=C(NC(=O)c2ccccc2)C(=O)NNC(=O)c2ccc([N+](=O)[O-])cc2)cc1OC. The Morgan fingerprint density at radius 3 is 2.06 bits per heavy atom. The minimum Gasteiger partial charge on any atom is -0.493 e. The summed E-state index contributed by atoms with van der Waals surface area (Å²) in [5, 5.41) is 13.3. The molecule has 0 aromatic heterocycles. The van der Waals surface area contributed by atoms with Gasteiger partial charge in [-0.1, -0.05) is 24.3 Å². The third-order valence-electron chi connectivity index (χ3n) is 4.88. The van der Waals surface area contributed by atoms with Crippen LogP contribution in [-0.2, 0) is 4.79 Å². The van der Waals surface area contributed by atoms with E-state index in [1.54, 1.807) is 48.5 Å². The number of ether oxygens (including phenoxy) is 2. The Morgan fingerprint density at radius 2 is 1.44 bits per heavy atom. The quantitative estimate of drug-likeness (QED) is 0.250. The number of nitrogens with zero attached hydrogens (tertiary/aromatic N) is 1. The Labute approximate surface area is 205 Å². The number of methoxy groups -OCH3 is 2. The molecular formula is C25H22N4O7. The molecule has 3 aromatic rings. The summed E-state index contributed by atoms with van der Waals surface area (Å²) in [7, 11) is 2.95. The van der Waals surface area contributed by atoms with E-state index in [1.807, 2.05) is 0 Å². The van der Waals surface area contributed by atoms with Gasteiger partial charge in [-0.05, 0) is 48.0 Å². The van der Waals surface area contributed by atoms with Crippen molar-refractivity contribution in [3.8, 4) is 11.5 Å². The Bertz CT molecular complexity index is 1310. The monoisotopic (exact) mass is 490 g/mol. The Kier molecular flexibility index (Phi) is 8.33. The zero-order valence-corrected chi connectivity index (χ0v) is 19.3. The first-order valence-corrected chi connectivity index (χ1v) is 10.5. The van der Waals surface area contributed by atoms with Gasteiger partial charge in [0.1, 0.15) is 5.70 Å². The average Bonchev–Trinajstić information content (AvgIpc) is 2.91. The molecule has 0 spiro atoms. The van der Waals surface area contributed by atoms with Crippen LogP contribution in [0.3, 0.4) is 0 Å². The van der Waals surface area contributed by atoms with Crippen molar-refractivity contribution in [2.24, 2.45) is 0 Å². The van der Waals surface area contributed by atoms with Gasteiger partial charge >= 0.3 is 0 Å². The smallest absolute Gasteiger partial charge is 0.286 e. The van der Waals surface area contributed by atoms with E-state index in [0.29, 0.717) is 22.6 Å². The number of carbonyl (C=O) groups excluding carboxylic acids is 3. The van der Waals surface area contributed by atoms with Crippen molar-refractivity contribution in [1.29, 1.82) is 0 Å². The summed E-state index contributed by atoms with van der Waals surface area (Å²) >= 11 is 0.